The van der Waals surface area contributed by atoms with Crippen LogP contribution in [-0.4, -0.2) is 52.4 Å². The molecule has 7 nitrogen and oxygen atoms in total. The van der Waals surface area contributed by atoms with Crippen LogP contribution >= 0.6 is 0 Å². The summed E-state index contributed by atoms with van der Waals surface area (Å²) in [5, 5.41) is 24.1. The molecule has 186 valence electrons. The van der Waals surface area contributed by atoms with Crippen molar-refractivity contribution in [2.45, 2.75) is 72.7 Å². The molecule has 2 N–H and O–H groups in total. The van der Waals surface area contributed by atoms with Gasteiger partial charge in [-0.25, -0.2) is 4.79 Å². The van der Waals surface area contributed by atoms with E-state index in [4.69, 9.17) is 9.47 Å². The maximum atomic E-state index is 14.4. The highest BCUT2D eigenvalue weighted by Crippen LogP contribution is 2.71. The first-order valence-corrected chi connectivity index (χ1v) is 12.1. The number of Topliss-reactive ketones (excluding diaryl/α,β-unsaturated/α-hetero) is 1. The molecule has 2 saturated carbocycles. The molecule has 4 aliphatic rings. The fourth-order valence-electron chi connectivity index (χ4n) is 7.08. The van der Waals surface area contributed by atoms with Gasteiger partial charge in [-0.05, 0) is 61.5 Å². The van der Waals surface area contributed by atoms with Gasteiger partial charge < -0.3 is 19.7 Å². The Labute approximate surface area is 200 Å². The van der Waals surface area contributed by atoms with Crippen LogP contribution in [-0.2, 0) is 23.9 Å². The standard InChI is InChI=1S/C27H36O7/c1-8-13(2)24(31)34-23-14(3)11-26-15(4)9-19-20(25(19,6)7)18(22(26)30)10-17(12-33-16(5)28)21(29)27(23,26)32/h8,10-11,15,18-21,23,29,32H,9,12H2,1-7H3/b13-8-/t15-,18+,19-,20+,21+,23+,26+,27-/m1/s1. The molecule has 8 atom stereocenters. The molecule has 0 aliphatic heterocycles. The Hall–Kier alpha value is -2.25. The molecular formula is C27H36O7. The summed E-state index contributed by atoms with van der Waals surface area (Å²) in [5.41, 5.74) is -2.47. The molecule has 0 unspecified atom stereocenters. The summed E-state index contributed by atoms with van der Waals surface area (Å²) in [5.74, 6) is -1.83. The first-order chi connectivity index (χ1) is 15.7. The molecule has 4 rings (SSSR count). The van der Waals surface area contributed by atoms with Crippen LogP contribution in [0.4, 0.5) is 0 Å². The van der Waals surface area contributed by atoms with Crippen LogP contribution in [0.15, 0.2) is 34.9 Å². The second-order valence-corrected chi connectivity index (χ2v) is 11.2. The predicted molar refractivity (Wildman–Crippen MR) is 124 cm³/mol. The fraction of sp³-hybridized carbons (Fsp3) is 0.667. The summed E-state index contributed by atoms with van der Waals surface area (Å²) in [6.45, 7) is 12.3. The Morgan fingerprint density at radius 3 is 2.50 bits per heavy atom. The lowest BCUT2D eigenvalue weighted by Gasteiger charge is -2.48. The third kappa shape index (κ3) is 3.12. The van der Waals surface area contributed by atoms with Crippen LogP contribution in [0.3, 0.4) is 0 Å². The number of hydrogen-bond donors (Lipinski definition) is 2. The van der Waals surface area contributed by atoms with E-state index >= 15 is 0 Å². The van der Waals surface area contributed by atoms with E-state index in [9.17, 15) is 24.6 Å². The van der Waals surface area contributed by atoms with Crippen molar-refractivity contribution in [2.75, 3.05) is 6.61 Å². The average Bonchev–Trinajstić information content (AvgIpc) is 3.26. The van der Waals surface area contributed by atoms with Crippen molar-refractivity contribution in [1.82, 2.24) is 0 Å². The zero-order valence-electron chi connectivity index (χ0n) is 21.0. The molecule has 0 aromatic carbocycles. The van der Waals surface area contributed by atoms with E-state index < -0.39 is 41.1 Å². The van der Waals surface area contributed by atoms with Gasteiger partial charge in [-0.2, -0.15) is 0 Å². The molecule has 2 fully saturated rings. The Balaban J connectivity index is 1.90. The second-order valence-electron chi connectivity index (χ2n) is 11.2. The first kappa shape index (κ1) is 24.9. The van der Waals surface area contributed by atoms with Gasteiger partial charge >= 0.3 is 11.9 Å². The van der Waals surface area contributed by atoms with Gasteiger partial charge in [0.25, 0.3) is 0 Å². The molecule has 0 saturated heterocycles. The maximum Gasteiger partial charge on any atom is 0.334 e. The van der Waals surface area contributed by atoms with E-state index in [1.165, 1.54) is 6.92 Å². The number of fused-ring (bicyclic) bond motifs is 3. The summed E-state index contributed by atoms with van der Waals surface area (Å²) in [7, 11) is 0. The van der Waals surface area contributed by atoms with Crippen molar-refractivity contribution in [3.63, 3.8) is 0 Å². The lowest BCUT2D eigenvalue weighted by atomic mass is 9.59. The van der Waals surface area contributed by atoms with E-state index in [-0.39, 0.29) is 41.1 Å². The van der Waals surface area contributed by atoms with Crippen molar-refractivity contribution in [1.29, 1.82) is 0 Å². The number of carbonyl (C=O) groups excluding carboxylic acids is 3. The van der Waals surface area contributed by atoms with Gasteiger partial charge in [0.15, 0.2) is 17.5 Å². The molecule has 1 spiro atoms. The van der Waals surface area contributed by atoms with Crippen molar-refractivity contribution < 1.29 is 34.1 Å². The first-order valence-electron chi connectivity index (χ1n) is 12.1. The van der Waals surface area contributed by atoms with Crippen LogP contribution in [0.5, 0.6) is 0 Å². The summed E-state index contributed by atoms with van der Waals surface area (Å²) in [6.07, 6.45) is 2.96. The van der Waals surface area contributed by atoms with Crippen molar-refractivity contribution in [3.05, 3.63) is 34.9 Å². The molecule has 7 heteroatoms. The number of carbonyl (C=O) groups is 3. The Kier molecular flexibility index (Phi) is 5.77. The molecule has 34 heavy (non-hydrogen) atoms. The van der Waals surface area contributed by atoms with Crippen molar-refractivity contribution in [2.24, 2.45) is 34.5 Å². The second kappa shape index (κ2) is 7.89. The zero-order valence-corrected chi connectivity index (χ0v) is 21.0. The predicted octanol–water partition coefficient (Wildman–Crippen LogP) is 2.90. The Morgan fingerprint density at radius 1 is 1.26 bits per heavy atom. The van der Waals surface area contributed by atoms with Crippen LogP contribution < -0.4 is 0 Å². The van der Waals surface area contributed by atoms with E-state index in [1.54, 1.807) is 39.0 Å². The number of hydrogen-bond acceptors (Lipinski definition) is 7. The van der Waals surface area contributed by atoms with E-state index in [2.05, 4.69) is 13.8 Å². The topological polar surface area (TPSA) is 110 Å². The zero-order chi connectivity index (χ0) is 25.4. The number of esters is 2. The van der Waals surface area contributed by atoms with E-state index in [1.807, 2.05) is 6.92 Å². The average molecular weight is 473 g/mol. The Bertz CT molecular complexity index is 1030. The third-order valence-electron chi connectivity index (χ3n) is 9.14. The minimum atomic E-state index is -2.13. The van der Waals surface area contributed by atoms with E-state index in [0.29, 0.717) is 17.6 Å². The van der Waals surface area contributed by atoms with Crippen LogP contribution in [0, 0.1) is 34.5 Å². The van der Waals surface area contributed by atoms with Crippen molar-refractivity contribution >= 4 is 17.7 Å². The largest absolute Gasteiger partial charge is 0.461 e. The van der Waals surface area contributed by atoms with Gasteiger partial charge in [0.05, 0.1) is 5.41 Å². The van der Waals surface area contributed by atoms with Gasteiger partial charge in [0, 0.05) is 18.4 Å². The molecule has 0 heterocycles. The minimum Gasteiger partial charge on any atom is -0.461 e. The molecule has 2 bridgehead atoms. The normalized spacial score (nSPS) is 42.4. The lowest BCUT2D eigenvalue weighted by Crippen LogP contribution is -2.65. The highest BCUT2D eigenvalue weighted by atomic mass is 16.6. The molecule has 0 radical (unpaired) electrons. The number of allylic oxidation sites excluding steroid dienone is 2. The third-order valence-corrected chi connectivity index (χ3v) is 9.14. The summed E-state index contributed by atoms with van der Waals surface area (Å²) < 4.78 is 11.0. The van der Waals surface area contributed by atoms with Crippen LogP contribution in [0.25, 0.3) is 0 Å². The maximum absolute atomic E-state index is 14.4. The van der Waals surface area contributed by atoms with Gasteiger partial charge in [-0.15, -0.1) is 0 Å². The summed E-state index contributed by atoms with van der Waals surface area (Å²) >= 11 is 0. The molecule has 0 amide bonds. The molecular weight excluding hydrogens is 436 g/mol. The van der Waals surface area contributed by atoms with Gasteiger partial charge in [0.1, 0.15) is 12.7 Å². The Morgan fingerprint density at radius 2 is 1.91 bits per heavy atom. The molecule has 0 aromatic heterocycles. The minimum absolute atomic E-state index is 0.0566. The monoisotopic (exact) mass is 472 g/mol. The highest BCUT2D eigenvalue weighted by molar-refractivity contribution is 5.96. The van der Waals surface area contributed by atoms with Crippen LogP contribution in [0.1, 0.15) is 54.9 Å². The summed E-state index contributed by atoms with van der Waals surface area (Å²) in [6, 6.07) is 0. The number of ether oxygens (including phenoxy) is 2. The number of rotatable bonds is 4. The molecule has 4 aliphatic carbocycles. The van der Waals surface area contributed by atoms with Crippen molar-refractivity contribution in [3.8, 4) is 0 Å². The van der Waals surface area contributed by atoms with E-state index in [0.717, 1.165) is 0 Å². The lowest BCUT2D eigenvalue weighted by molar-refractivity contribution is -0.201. The van der Waals surface area contributed by atoms with Gasteiger partial charge in [-0.3, -0.25) is 9.59 Å². The van der Waals surface area contributed by atoms with Gasteiger partial charge in [-0.1, -0.05) is 39.0 Å². The number of aliphatic hydroxyl groups excluding tert-OH is 1. The summed E-state index contributed by atoms with van der Waals surface area (Å²) in [4.78, 5) is 38.7. The number of ketones is 1. The number of aliphatic hydroxyl groups is 2. The smallest absolute Gasteiger partial charge is 0.334 e. The fourth-order valence-corrected chi connectivity index (χ4v) is 7.08. The highest BCUT2D eigenvalue weighted by Gasteiger charge is 2.76. The van der Waals surface area contributed by atoms with Gasteiger partial charge in [0.2, 0.25) is 0 Å². The van der Waals surface area contributed by atoms with Crippen LogP contribution in [0.2, 0.25) is 0 Å². The SMILES string of the molecule is C/C=C(/C)C(=O)O[C@H]1C(C)=C[C@]23C(=O)[C@@H](C=C(COC(C)=O)[C@H](O)[C@@]12O)[C@H]1[C@@H](C[C@H]3C)C1(C)C. The quantitative estimate of drug-likeness (QED) is 0.368. The molecule has 0 aromatic rings.